The molecule has 0 unspecified atom stereocenters. The van der Waals surface area contributed by atoms with E-state index in [4.69, 9.17) is 0 Å². The van der Waals surface area contributed by atoms with Crippen LogP contribution in [-0.2, 0) is 0 Å². The third-order valence-corrected chi connectivity index (χ3v) is 7.83. The highest BCUT2D eigenvalue weighted by Crippen LogP contribution is 2.47. The van der Waals surface area contributed by atoms with E-state index in [0.717, 1.165) is 42.1 Å². The average molecular weight is 454 g/mol. The van der Waals surface area contributed by atoms with Crippen LogP contribution in [0.3, 0.4) is 0 Å². The number of fused-ring (bicyclic) bond motifs is 2. The van der Waals surface area contributed by atoms with Gasteiger partial charge in [0.05, 0.1) is 28.8 Å². The predicted octanol–water partition coefficient (Wildman–Crippen LogP) is 6.29. The molecule has 5 rings (SSSR count). The van der Waals surface area contributed by atoms with Crippen LogP contribution in [0.15, 0.2) is 30.5 Å². The van der Waals surface area contributed by atoms with E-state index in [1.165, 1.54) is 12.5 Å². The normalized spacial score (nSPS) is 23.0. The number of H-pyrrole nitrogens is 1. The van der Waals surface area contributed by atoms with Gasteiger partial charge in [-0.1, -0.05) is 37.5 Å². The quantitative estimate of drug-likeness (QED) is 0.437. The lowest BCUT2D eigenvalue weighted by molar-refractivity contribution is -0.00703. The van der Waals surface area contributed by atoms with Gasteiger partial charge in [-0.2, -0.15) is 0 Å². The fourth-order valence-corrected chi connectivity index (χ4v) is 5.89. The van der Waals surface area contributed by atoms with Gasteiger partial charge in [0.2, 0.25) is 0 Å². The summed E-state index contributed by atoms with van der Waals surface area (Å²) in [6.45, 7) is 5.74. The summed E-state index contributed by atoms with van der Waals surface area (Å²) in [7, 11) is 1.98. The minimum atomic E-state index is -0.853. The monoisotopic (exact) mass is 453 g/mol. The van der Waals surface area contributed by atoms with Crippen LogP contribution in [0.5, 0.6) is 0 Å². The van der Waals surface area contributed by atoms with E-state index in [0.29, 0.717) is 16.8 Å². The van der Waals surface area contributed by atoms with Crippen LogP contribution in [0.1, 0.15) is 63.1 Å². The van der Waals surface area contributed by atoms with E-state index < -0.39 is 29.3 Å². The maximum atomic E-state index is 16.4. The summed E-state index contributed by atoms with van der Waals surface area (Å²) in [5, 5.41) is 15.6. The fraction of sp³-hybridized carbons (Fsp3) is 0.481. The van der Waals surface area contributed by atoms with Crippen molar-refractivity contribution < 1.29 is 13.9 Å². The van der Waals surface area contributed by atoms with E-state index in [9.17, 15) is 5.11 Å². The number of benzene rings is 2. The molecular formula is C27H33F2N3O. The van der Waals surface area contributed by atoms with Gasteiger partial charge in [-0.25, -0.2) is 8.78 Å². The number of hydrogen-bond acceptors (Lipinski definition) is 3. The average Bonchev–Trinajstić information content (AvgIpc) is 3.17. The van der Waals surface area contributed by atoms with Crippen molar-refractivity contribution in [3.05, 3.63) is 53.2 Å². The van der Waals surface area contributed by atoms with Gasteiger partial charge >= 0.3 is 0 Å². The van der Waals surface area contributed by atoms with Crippen molar-refractivity contribution in [2.75, 3.05) is 12.4 Å². The first-order valence-electron chi connectivity index (χ1n) is 12.0. The summed E-state index contributed by atoms with van der Waals surface area (Å²) in [5.74, 6) is -1.20. The SMILES string of the molecule is Cc1c[nH]c2c(-c3c(F)cc4c(c3F)[C@H](N(C)C3CCCCC3)[C@@H](O)C(C)(C)N4)cccc12. The van der Waals surface area contributed by atoms with Crippen LogP contribution >= 0.6 is 0 Å². The Labute approximate surface area is 194 Å². The third-order valence-electron chi connectivity index (χ3n) is 7.83. The van der Waals surface area contributed by atoms with Crippen LogP contribution in [0.25, 0.3) is 22.0 Å². The topological polar surface area (TPSA) is 51.3 Å². The van der Waals surface area contributed by atoms with E-state index in [-0.39, 0.29) is 11.6 Å². The summed E-state index contributed by atoms with van der Waals surface area (Å²) in [6.07, 6.45) is 6.54. The number of aliphatic hydroxyl groups is 1. The molecule has 0 saturated heterocycles. The number of aliphatic hydroxyl groups excluding tert-OH is 1. The molecule has 33 heavy (non-hydrogen) atoms. The number of para-hydroxylation sites is 1. The summed E-state index contributed by atoms with van der Waals surface area (Å²) < 4.78 is 31.9. The Morgan fingerprint density at radius 3 is 2.58 bits per heavy atom. The Bertz CT molecular complexity index is 1200. The van der Waals surface area contributed by atoms with Gasteiger partial charge in [-0.3, -0.25) is 4.90 Å². The van der Waals surface area contributed by atoms with Crippen LogP contribution in [0.2, 0.25) is 0 Å². The van der Waals surface area contributed by atoms with Crippen molar-refractivity contribution in [1.82, 2.24) is 9.88 Å². The molecule has 0 amide bonds. The van der Waals surface area contributed by atoms with E-state index >= 15 is 8.78 Å². The van der Waals surface area contributed by atoms with Crippen molar-refractivity contribution >= 4 is 16.6 Å². The number of aryl methyl sites for hydroxylation is 1. The lowest BCUT2D eigenvalue weighted by Crippen LogP contribution is -2.56. The van der Waals surface area contributed by atoms with Gasteiger partial charge in [-0.05, 0) is 52.3 Å². The molecule has 0 spiro atoms. The highest BCUT2D eigenvalue weighted by Gasteiger charge is 2.46. The first-order chi connectivity index (χ1) is 15.7. The van der Waals surface area contributed by atoms with E-state index in [2.05, 4.69) is 15.2 Å². The molecule has 3 aromatic rings. The minimum absolute atomic E-state index is 0.0445. The Morgan fingerprint density at radius 1 is 1.12 bits per heavy atom. The van der Waals surface area contributed by atoms with Gasteiger partial charge in [-0.15, -0.1) is 0 Å². The largest absolute Gasteiger partial charge is 0.389 e. The Kier molecular flexibility index (Phi) is 5.49. The smallest absolute Gasteiger partial charge is 0.141 e. The van der Waals surface area contributed by atoms with E-state index in [1.807, 2.05) is 46.1 Å². The fourth-order valence-electron chi connectivity index (χ4n) is 5.89. The van der Waals surface area contributed by atoms with Crippen LogP contribution in [-0.4, -0.2) is 39.7 Å². The molecule has 0 radical (unpaired) electrons. The number of aromatic amines is 1. The molecule has 2 aromatic carbocycles. The molecule has 2 aliphatic rings. The molecule has 4 nitrogen and oxygen atoms in total. The molecule has 1 saturated carbocycles. The first-order valence-corrected chi connectivity index (χ1v) is 12.0. The molecule has 2 atom stereocenters. The molecule has 6 heteroatoms. The maximum absolute atomic E-state index is 16.4. The number of nitrogens with one attached hydrogen (secondary N) is 2. The molecule has 1 aliphatic heterocycles. The number of rotatable bonds is 3. The standard InChI is InChI=1S/C27H33F2N3O/c1-15-14-30-24-17(15)11-8-12-18(24)21-19(28)13-20-22(23(21)29)25(26(33)27(2,3)31-20)32(4)16-9-6-5-7-10-16/h8,11-14,16,25-26,30-31,33H,5-7,9-10H2,1-4H3/t25-,26+/m0/s1. The maximum Gasteiger partial charge on any atom is 0.141 e. The van der Waals surface area contributed by atoms with Crippen molar-refractivity contribution in [2.45, 2.75) is 76.6 Å². The highest BCUT2D eigenvalue weighted by molar-refractivity contribution is 5.96. The second-order valence-electron chi connectivity index (χ2n) is 10.4. The van der Waals surface area contributed by atoms with Crippen molar-refractivity contribution in [3.63, 3.8) is 0 Å². The highest BCUT2D eigenvalue weighted by atomic mass is 19.1. The number of anilines is 1. The molecule has 1 aliphatic carbocycles. The summed E-state index contributed by atoms with van der Waals surface area (Å²) >= 11 is 0. The Hall–Kier alpha value is -2.44. The molecule has 0 bridgehead atoms. The van der Waals surface area contributed by atoms with E-state index in [1.54, 1.807) is 6.07 Å². The van der Waals surface area contributed by atoms with Crippen LogP contribution < -0.4 is 5.32 Å². The summed E-state index contributed by atoms with van der Waals surface area (Å²) in [6, 6.07) is 6.64. The number of aromatic nitrogens is 1. The summed E-state index contributed by atoms with van der Waals surface area (Å²) in [4.78, 5) is 5.32. The second kappa shape index (κ2) is 8.10. The number of hydrogen-bond donors (Lipinski definition) is 3. The number of halogens is 2. The van der Waals surface area contributed by atoms with Gasteiger partial charge in [0.15, 0.2) is 0 Å². The molecular weight excluding hydrogens is 420 g/mol. The number of nitrogens with zero attached hydrogens (tertiary/aromatic N) is 1. The molecule has 2 heterocycles. The molecule has 1 aromatic heterocycles. The van der Waals surface area contributed by atoms with Gasteiger partial charge in [0.1, 0.15) is 11.6 Å². The van der Waals surface area contributed by atoms with Gasteiger partial charge in [0.25, 0.3) is 0 Å². The molecule has 3 N–H and O–H groups in total. The predicted molar refractivity (Wildman–Crippen MR) is 129 cm³/mol. The van der Waals surface area contributed by atoms with Crippen molar-refractivity contribution in [3.8, 4) is 11.1 Å². The van der Waals surface area contributed by atoms with Gasteiger partial charge in [0, 0.05) is 34.4 Å². The lowest BCUT2D eigenvalue weighted by Gasteiger charge is -2.49. The number of likely N-dealkylation sites (N-methyl/N-ethyl adjacent to an activating group) is 1. The minimum Gasteiger partial charge on any atom is -0.389 e. The Morgan fingerprint density at radius 2 is 1.85 bits per heavy atom. The van der Waals surface area contributed by atoms with Crippen molar-refractivity contribution in [1.29, 1.82) is 0 Å². The summed E-state index contributed by atoms with van der Waals surface area (Å²) in [5.41, 5.74) is 2.25. The zero-order chi connectivity index (χ0) is 23.5. The second-order valence-corrected chi connectivity index (χ2v) is 10.4. The zero-order valence-electron chi connectivity index (χ0n) is 19.8. The molecule has 1 fully saturated rings. The third kappa shape index (κ3) is 3.55. The Balaban J connectivity index is 1.71. The lowest BCUT2D eigenvalue weighted by atomic mass is 9.79. The van der Waals surface area contributed by atoms with Crippen LogP contribution in [0.4, 0.5) is 14.5 Å². The van der Waals surface area contributed by atoms with Gasteiger partial charge < -0.3 is 15.4 Å². The first kappa shape index (κ1) is 22.4. The molecule has 176 valence electrons. The van der Waals surface area contributed by atoms with Crippen LogP contribution in [0, 0.1) is 18.6 Å². The zero-order valence-corrected chi connectivity index (χ0v) is 19.8. The van der Waals surface area contributed by atoms with Crippen molar-refractivity contribution in [2.24, 2.45) is 0 Å².